The fourth-order valence-electron chi connectivity index (χ4n) is 2.17. The molecule has 0 bridgehead atoms. The van der Waals surface area contributed by atoms with E-state index in [0.717, 1.165) is 0 Å². The molecule has 2 aromatic heterocycles. The molecule has 0 spiro atoms. The molecule has 23 heavy (non-hydrogen) atoms. The zero-order valence-corrected chi connectivity index (χ0v) is 12.6. The van der Waals surface area contributed by atoms with E-state index in [1.165, 1.54) is 10.8 Å². The van der Waals surface area contributed by atoms with Gasteiger partial charge in [-0.25, -0.2) is 4.98 Å². The summed E-state index contributed by atoms with van der Waals surface area (Å²) in [5.41, 5.74) is 0.820. The molecule has 0 radical (unpaired) electrons. The quantitative estimate of drug-likeness (QED) is 0.671. The van der Waals surface area contributed by atoms with Crippen LogP contribution in [-0.2, 0) is 16.1 Å². The Bertz CT molecular complexity index is 915. The highest BCUT2D eigenvalue weighted by Gasteiger charge is 2.18. The molecule has 0 amide bonds. The SMILES string of the molecule is Cc1noc(C(C)OC(=O)Cn2c(=O)cnc3ccccc32)n1. The Morgan fingerprint density at radius 1 is 1.39 bits per heavy atom. The average molecular weight is 314 g/mol. The van der Waals surface area contributed by atoms with Crippen LogP contribution in [0.25, 0.3) is 11.0 Å². The summed E-state index contributed by atoms with van der Waals surface area (Å²) in [6.45, 7) is 3.07. The zero-order chi connectivity index (χ0) is 16.4. The van der Waals surface area contributed by atoms with Crippen LogP contribution in [0.2, 0.25) is 0 Å². The first kappa shape index (κ1) is 14.9. The number of ether oxygens (including phenoxy) is 1. The molecule has 1 aromatic carbocycles. The molecule has 2 heterocycles. The van der Waals surface area contributed by atoms with Crippen LogP contribution in [0.3, 0.4) is 0 Å². The number of aromatic nitrogens is 4. The van der Waals surface area contributed by atoms with E-state index in [9.17, 15) is 9.59 Å². The monoisotopic (exact) mass is 314 g/mol. The first-order valence-electron chi connectivity index (χ1n) is 6.99. The molecule has 0 aliphatic rings. The fraction of sp³-hybridized carbons (Fsp3) is 0.267. The lowest BCUT2D eigenvalue weighted by Gasteiger charge is -2.11. The lowest BCUT2D eigenvalue weighted by Crippen LogP contribution is -2.26. The predicted octanol–water partition coefficient (Wildman–Crippen LogP) is 1.39. The van der Waals surface area contributed by atoms with Crippen LogP contribution in [0.4, 0.5) is 0 Å². The molecule has 0 aliphatic carbocycles. The summed E-state index contributed by atoms with van der Waals surface area (Å²) in [6, 6.07) is 7.07. The summed E-state index contributed by atoms with van der Waals surface area (Å²) in [4.78, 5) is 32.1. The first-order chi connectivity index (χ1) is 11.0. The maximum atomic E-state index is 12.1. The molecule has 1 unspecified atom stereocenters. The normalized spacial score (nSPS) is 12.3. The Morgan fingerprint density at radius 3 is 2.91 bits per heavy atom. The zero-order valence-electron chi connectivity index (χ0n) is 12.6. The maximum Gasteiger partial charge on any atom is 0.326 e. The van der Waals surface area contributed by atoms with Gasteiger partial charge in [0.05, 0.1) is 17.2 Å². The number of para-hydroxylation sites is 2. The highest BCUT2D eigenvalue weighted by atomic mass is 16.6. The lowest BCUT2D eigenvalue weighted by molar-refractivity contribution is -0.150. The summed E-state index contributed by atoms with van der Waals surface area (Å²) in [5.74, 6) is 0.0915. The number of aryl methyl sites for hydroxylation is 1. The van der Waals surface area contributed by atoms with Crippen LogP contribution < -0.4 is 5.56 Å². The van der Waals surface area contributed by atoms with Crippen molar-refractivity contribution >= 4 is 17.0 Å². The Balaban J connectivity index is 1.80. The molecule has 0 fully saturated rings. The van der Waals surface area contributed by atoms with E-state index in [0.29, 0.717) is 16.9 Å². The minimum Gasteiger partial charge on any atom is -0.451 e. The van der Waals surface area contributed by atoms with Gasteiger partial charge in [-0.1, -0.05) is 17.3 Å². The predicted molar refractivity (Wildman–Crippen MR) is 79.5 cm³/mol. The van der Waals surface area contributed by atoms with Gasteiger partial charge in [0, 0.05) is 0 Å². The van der Waals surface area contributed by atoms with Crippen LogP contribution in [0, 0.1) is 6.92 Å². The minimum atomic E-state index is -0.687. The van der Waals surface area contributed by atoms with Gasteiger partial charge >= 0.3 is 5.97 Å². The molecule has 0 saturated heterocycles. The van der Waals surface area contributed by atoms with Crippen molar-refractivity contribution in [3.05, 3.63) is 52.5 Å². The number of fused-ring (bicyclic) bond motifs is 1. The first-order valence-corrected chi connectivity index (χ1v) is 6.99. The molecule has 0 N–H and O–H groups in total. The summed E-state index contributed by atoms with van der Waals surface area (Å²) >= 11 is 0. The Hall–Kier alpha value is -3.03. The molecule has 8 nitrogen and oxygen atoms in total. The van der Waals surface area contributed by atoms with Crippen molar-refractivity contribution in [2.24, 2.45) is 0 Å². The van der Waals surface area contributed by atoms with Gasteiger partial charge in [0.1, 0.15) is 6.54 Å². The van der Waals surface area contributed by atoms with E-state index < -0.39 is 12.1 Å². The molecule has 8 heteroatoms. The second-order valence-corrected chi connectivity index (χ2v) is 4.98. The van der Waals surface area contributed by atoms with E-state index in [1.807, 2.05) is 6.07 Å². The number of benzene rings is 1. The summed E-state index contributed by atoms with van der Waals surface area (Å²) < 4.78 is 11.5. The molecule has 3 rings (SSSR count). The maximum absolute atomic E-state index is 12.1. The van der Waals surface area contributed by atoms with Crippen LogP contribution in [-0.4, -0.2) is 25.7 Å². The highest BCUT2D eigenvalue weighted by molar-refractivity contribution is 5.77. The summed E-state index contributed by atoms with van der Waals surface area (Å²) in [6.07, 6.45) is 0.493. The average Bonchev–Trinajstić information content (AvgIpc) is 2.97. The van der Waals surface area contributed by atoms with Gasteiger partial charge in [-0.05, 0) is 26.0 Å². The van der Waals surface area contributed by atoms with Gasteiger partial charge in [-0.15, -0.1) is 0 Å². The van der Waals surface area contributed by atoms with E-state index in [4.69, 9.17) is 9.26 Å². The number of carbonyl (C=O) groups is 1. The molecule has 118 valence electrons. The fourth-order valence-corrected chi connectivity index (χ4v) is 2.17. The minimum absolute atomic E-state index is 0.211. The van der Waals surface area contributed by atoms with Gasteiger partial charge in [0.25, 0.3) is 11.4 Å². The van der Waals surface area contributed by atoms with Crippen molar-refractivity contribution in [1.82, 2.24) is 19.7 Å². The van der Waals surface area contributed by atoms with Crippen molar-refractivity contribution < 1.29 is 14.1 Å². The van der Waals surface area contributed by atoms with E-state index >= 15 is 0 Å². The third kappa shape index (κ3) is 3.10. The summed E-state index contributed by atoms with van der Waals surface area (Å²) in [5, 5.41) is 3.64. The van der Waals surface area contributed by atoms with Crippen LogP contribution >= 0.6 is 0 Å². The van der Waals surface area contributed by atoms with E-state index in [1.54, 1.807) is 32.0 Å². The topological polar surface area (TPSA) is 100 Å². The Kier molecular flexibility index (Phi) is 3.88. The second-order valence-electron chi connectivity index (χ2n) is 4.98. The molecule has 1 atom stereocenters. The molecule has 0 aliphatic heterocycles. The largest absolute Gasteiger partial charge is 0.451 e. The third-order valence-corrected chi connectivity index (χ3v) is 3.24. The number of hydrogen-bond donors (Lipinski definition) is 0. The van der Waals surface area contributed by atoms with Gasteiger partial charge in [-0.3, -0.25) is 14.2 Å². The standard InChI is InChI=1S/C15H14N4O4/c1-9(15-17-10(2)18-23-15)22-14(21)8-19-12-6-4-3-5-11(12)16-7-13(19)20/h3-7,9H,8H2,1-2H3. The van der Waals surface area contributed by atoms with Crippen LogP contribution in [0.1, 0.15) is 24.7 Å². The van der Waals surface area contributed by atoms with Gasteiger partial charge < -0.3 is 9.26 Å². The number of rotatable bonds is 4. The number of hydrogen-bond acceptors (Lipinski definition) is 7. The van der Waals surface area contributed by atoms with Crippen molar-refractivity contribution in [2.75, 3.05) is 0 Å². The molecule has 3 aromatic rings. The van der Waals surface area contributed by atoms with Gasteiger partial charge in [0.2, 0.25) is 0 Å². The van der Waals surface area contributed by atoms with Crippen molar-refractivity contribution in [2.45, 2.75) is 26.5 Å². The second kappa shape index (κ2) is 5.99. The highest BCUT2D eigenvalue weighted by Crippen LogP contribution is 2.15. The lowest BCUT2D eigenvalue weighted by atomic mass is 10.3. The van der Waals surface area contributed by atoms with E-state index in [2.05, 4.69) is 15.1 Å². The van der Waals surface area contributed by atoms with Gasteiger partial charge in [0.15, 0.2) is 11.9 Å². The smallest absolute Gasteiger partial charge is 0.326 e. The van der Waals surface area contributed by atoms with Crippen molar-refractivity contribution in [1.29, 1.82) is 0 Å². The summed E-state index contributed by atoms with van der Waals surface area (Å²) in [7, 11) is 0. The third-order valence-electron chi connectivity index (χ3n) is 3.24. The van der Waals surface area contributed by atoms with Gasteiger partial charge in [-0.2, -0.15) is 4.98 Å². The molecular weight excluding hydrogens is 300 g/mol. The number of esters is 1. The van der Waals surface area contributed by atoms with E-state index in [-0.39, 0.29) is 18.0 Å². The van der Waals surface area contributed by atoms with Crippen molar-refractivity contribution in [3.8, 4) is 0 Å². The molecular formula is C15H14N4O4. The Labute approximate surface area is 130 Å². The molecule has 0 saturated carbocycles. The van der Waals surface area contributed by atoms with Crippen molar-refractivity contribution in [3.63, 3.8) is 0 Å². The number of carbonyl (C=O) groups excluding carboxylic acids is 1. The van der Waals surface area contributed by atoms with Crippen LogP contribution in [0.15, 0.2) is 39.8 Å². The number of nitrogens with zero attached hydrogens (tertiary/aromatic N) is 4. The Morgan fingerprint density at radius 2 is 2.17 bits per heavy atom. The van der Waals surface area contributed by atoms with Crippen LogP contribution in [0.5, 0.6) is 0 Å².